The third-order valence-corrected chi connectivity index (χ3v) is 4.49. The molecule has 0 heterocycles. The largest absolute Gasteiger partial charge is 0.381 e. The molecule has 0 aliphatic carbocycles. The molecule has 1 N–H and O–H groups in total. The number of allylic oxidation sites excluding steroid dienone is 1. The highest BCUT2D eigenvalue weighted by molar-refractivity contribution is 5.46. The fraction of sp³-hybridized carbons (Fsp3) is 0.333. The van der Waals surface area contributed by atoms with Crippen molar-refractivity contribution in [1.82, 2.24) is 0 Å². The zero-order chi connectivity index (χ0) is 19.0. The molecule has 0 aliphatic rings. The van der Waals surface area contributed by atoms with Gasteiger partial charge >= 0.3 is 0 Å². The van der Waals surface area contributed by atoms with Crippen molar-refractivity contribution in [2.45, 2.75) is 52.1 Å². The molecule has 0 aromatic heterocycles. The van der Waals surface area contributed by atoms with E-state index in [2.05, 4.69) is 25.7 Å². The van der Waals surface area contributed by atoms with Crippen LogP contribution < -0.4 is 0 Å². The van der Waals surface area contributed by atoms with Gasteiger partial charge in [0.1, 0.15) is 11.4 Å². The van der Waals surface area contributed by atoms with Crippen molar-refractivity contribution in [3.05, 3.63) is 82.7 Å². The number of benzene rings is 2. The highest BCUT2D eigenvalue weighted by atomic mass is 19.1. The van der Waals surface area contributed by atoms with E-state index in [0.29, 0.717) is 5.56 Å². The number of hydrogen-bond donors (Lipinski definition) is 1. The first-order chi connectivity index (χ1) is 12.5. The van der Waals surface area contributed by atoms with Crippen molar-refractivity contribution in [1.29, 1.82) is 0 Å². The molecule has 1 nitrogen and oxygen atoms in total. The molecule has 0 spiro atoms. The van der Waals surface area contributed by atoms with Gasteiger partial charge in [0.25, 0.3) is 0 Å². The molecule has 0 amide bonds. The Morgan fingerprint density at radius 1 is 0.962 bits per heavy atom. The van der Waals surface area contributed by atoms with Crippen LogP contribution in [0, 0.1) is 17.7 Å². The molecular formula is C24H27FO. The summed E-state index contributed by atoms with van der Waals surface area (Å²) < 4.78 is 13.3. The Morgan fingerprint density at radius 3 is 2.15 bits per heavy atom. The lowest BCUT2D eigenvalue weighted by molar-refractivity contribution is 0.0921. The maximum atomic E-state index is 13.3. The first-order valence-electron chi connectivity index (χ1n) is 9.27. The smallest absolute Gasteiger partial charge is 0.123 e. The summed E-state index contributed by atoms with van der Waals surface area (Å²) in [7, 11) is 0. The lowest BCUT2D eigenvalue weighted by Gasteiger charge is -2.29. The Kier molecular flexibility index (Phi) is 7.18. The van der Waals surface area contributed by atoms with Crippen molar-refractivity contribution >= 4 is 0 Å². The van der Waals surface area contributed by atoms with Crippen LogP contribution in [0.1, 0.15) is 57.6 Å². The fourth-order valence-electron chi connectivity index (χ4n) is 3.09. The quantitative estimate of drug-likeness (QED) is 0.635. The number of halogens is 1. The van der Waals surface area contributed by atoms with E-state index in [-0.39, 0.29) is 5.82 Å². The van der Waals surface area contributed by atoms with Crippen molar-refractivity contribution in [3.8, 4) is 11.8 Å². The van der Waals surface area contributed by atoms with Crippen LogP contribution in [0.25, 0.3) is 0 Å². The maximum Gasteiger partial charge on any atom is 0.123 e. The van der Waals surface area contributed by atoms with E-state index in [1.165, 1.54) is 12.1 Å². The second-order valence-corrected chi connectivity index (χ2v) is 6.65. The topological polar surface area (TPSA) is 20.2 Å². The molecule has 1 unspecified atom stereocenters. The summed E-state index contributed by atoms with van der Waals surface area (Å²) in [6.45, 7) is 5.99. The van der Waals surface area contributed by atoms with Crippen LogP contribution in [0.2, 0.25) is 0 Å². The molecule has 1 atom stereocenters. The Labute approximate surface area is 156 Å². The van der Waals surface area contributed by atoms with E-state index < -0.39 is 5.60 Å². The molecule has 0 bridgehead atoms. The Bertz CT molecular complexity index is 790. The Hall–Kier alpha value is -2.37. The third-order valence-electron chi connectivity index (χ3n) is 4.49. The molecule has 26 heavy (non-hydrogen) atoms. The van der Waals surface area contributed by atoms with Gasteiger partial charge in [0.2, 0.25) is 0 Å². The van der Waals surface area contributed by atoms with E-state index in [4.69, 9.17) is 0 Å². The molecule has 2 aromatic carbocycles. The first-order valence-corrected chi connectivity index (χ1v) is 9.27. The molecule has 0 fully saturated rings. The van der Waals surface area contributed by atoms with Crippen LogP contribution in [0.5, 0.6) is 0 Å². The summed E-state index contributed by atoms with van der Waals surface area (Å²) in [6.07, 6.45) is 3.42. The molecule has 0 radical (unpaired) electrons. The SMILES string of the molecule is CCC/C(C#Cc1ccccc1)=C(\CCC)C(C)(O)c1ccc(F)cc1. The molecule has 0 saturated heterocycles. The van der Waals surface area contributed by atoms with Crippen LogP contribution in [-0.4, -0.2) is 5.11 Å². The van der Waals surface area contributed by atoms with Crippen molar-refractivity contribution < 1.29 is 9.50 Å². The van der Waals surface area contributed by atoms with Crippen LogP contribution >= 0.6 is 0 Å². The number of rotatable bonds is 6. The van der Waals surface area contributed by atoms with Gasteiger partial charge in [-0.15, -0.1) is 0 Å². The minimum absolute atomic E-state index is 0.303. The predicted octanol–water partition coefficient (Wildman–Crippen LogP) is 5.98. The minimum atomic E-state index is -1.17. The van der Waals surface area contributed by atoms with Crippen molar-refractivity contribution in [2.24, 2.45) is 0 Å². The van der Waals surface area contributed by atoms with E-state index >= 15 is 0 Å². The number of hydrogen-bond acceptors (Lipinski definition) is 1. The normalized spacial score (nSPS) is 14.0. The lowest BCUT2D eigenvalue weighted by Crippen LogP contribution is -2.25. The van der Waals surface area contributed by atoms with Gasteiger partial charge in [-0.1, -0.05) is 68.9 Å². The predicted molar refractivity (Wildman–Crippen MR) is 106 cm³/mol. The Morgan fingerprint density at radius 2 is 1.58 bits per heavy atom. The summed E-state index contributed by atoms with van der Waals surface area (Å²) >= 11 is 0. The summed E-state index contributed by atoms with van der Waals surface area (Å²) in [6, 6.07) is 15.9. The molecule has 2 rings (SSSR count). The molecule has 0 saturated carbocycles. The monoisotopic (exact) mass is 350 g/mol. The van der Waals surface area contributed by atoms with Crippen LogP contribution in [0.3, 0.4) is 0 Å². The van der Waals surface area contributed by atoms with E-state index in [9.17, 15) is 9.50 Å². The van der Waals surface area contributed by atoms with Gasteiger partial charge in [-0.2, -0.15) is 0 Å². The zero-order valence-electron chi connectivity index (χ0n) is 15.8. The molecule has 2 heteroatoms. The van der Waals surface area contributed by atoms with Crippen LogP contribution in [-0.2, 0) is 5.60 Å². The molecule has 0 aliphatic heterocycles. The first kappa shape index (κ1) is 19.9. The fourth-order valence-corrected chi connectivity index (χ4v) is 3.09. The van der Waals surface area contributed by atoms with Crippen molar-refractivity contribution in [2.75, 3.05) is 0 Å². The molecule has 2 aromatic rings. The standard InChI is InChI=1S/C24H27FO/c1-4-9-20(14-13-19-11-7-6-8-12-19)23(10-5-2)24(3,26)21-15-17-22(25)18-16-21/h6-8,11-12,15-18,26H,4-5,9-10H2,1-3H3/b23-20-. The molecular weight excluding hydrogens is 323 g/mol. The summed E-state index contributed by atoms with van der Waals surface area (Å²) in [4.78, 5) is 0. The summed E-state index contributed by atoms with van der Waals surface area (Å²) in [5.74, 6) is 6.22. The van der Waals surface area contributed by atoms with E-state index in [1.54, 1.807) is 19.1 Å². The maximum absolute atomic E-state index is 13.3. The molecule has 136 valence electrons. The highest BCUT2D eigenvalue weighted by Gasteiger charge is 2.29. The summed E-state index contributed by atoms with van der Waals surface area (Å²) in [5.41, 5.74) is 2.39. The third kappa shape index (κ3) is 5.07. The second-order valence-electron chi connectivity index (χ2n) is 6.65. The van der Waals surface area contributed by atoms with Gasteiger partial charge in [0.05, 0.1) is 0 Å². The van der Waals surface area contributed by atoms with Crippen molar-refractivity contribution in [3.63, 3.8) is 0 Å². The van der Waals surface area contributed by atoms with E-state index in [1.807, 2.05) is 30.3 Å². The average molecular weight is 350 g/mol. The van der Waals surface area contributed by atoms with Gasteiger partial charge in [-0.3, -0.25) is 0 Å². The Balaban J connectivity index is 2.53. The van der Waals surface area contributed by atoms with E-state index in [0.717, 1.165) is 42.4 Å². The second kappa shape index (κ2) is 9.36. The van der Waals surface area contributed by atoms with Gasteiger partial charge in [-0.05, 0) is 55.2 Å². The number of aliphatic hydroxyl groups is 1. The van der Waals surface area contributed by atoms with Crippen LogP contribution in [0.15, 0.2) is 65.7 Å². The lowest BCUT2D eigenvalue weighted by atomic mass is 9.81. The van der Waals surface area contributed by atoms with Gasteiger partial charge in [0, 0.05) is 11.1 Å². The zero-order valence-corrected chi connectivity index (χ0v) is 15.8. The average Bonchev–Trinajstić information content (AvgIpc) is 2.64. The highest BCUT2D eigenvalue weighted by Crippen LogP contribution is 2.35. The van der Waals surface area contributed by atoms with Gasteiger partial charge < -0.3 is 5.11 Å². The minimum Gasteiger partial charge on any atom is -0.381 e. The summed E-state index contributed by atoms with van der Waals surface area (Å²) in [5, 5.41) is 11.3. The van der Waals surface area contributed by atoms with Gasteiger partial charge in [0.15, 0.2) is 0 Å². The van der Waals surface area contributed by atoms with Crippen LogP contribution in [0.4, 0.5) is 4.39 Å². The van der Waals surface area contributed by atoms with Gasteiger partial charge in [-0.25, -0.2) is 4.39 Å².